The smallest absolute Gasteiger partial charge is 0.143 e. The molecule has 3 heteroatoms. The van der Waals surface area contributed by atoms with Crippen molar-refractivity contribution in [1.29, 1.82) is 0 Å². The van der Waals surface area contributed by atoms with E-state index < -0.39 is 0 Å². The van der Waals surface area contributed by atoms with Crippen molar-refractivity contribution in [3.8, 4) is 11.3 Å². The summed E-state index contributed by atoms with van der Waals surface area (Å²) in [6, 6.07) is 32.4. The second-order valence-corrected chi connectivity index (χ2v) is 7.84. The lowest BCUT2D eigenvalue weighted by Gasteiger charge is -2.06. The Balaban J connectivity index is 1.35. The van der Waals surface area contributed by atoms with E-state index in [1.807, 2.05) is 66.7 Å². The van der Waals surface area contributed by atoms with Crippen LogP contribution in [0.3, 0.4) is 0 Å². The molecule has 0 amide bonds. The molecule has 0 saturated heterocycles. The maximum absolute atomic E-state index is 12.5. The molecular weight excluding hydrogens is 380 g/mol. The molecule has 1 aromatic heterocycles. The number of aliphatic imine (C=N–C) groups is 1. The third-order valence-electron chi connectivity index (χ3n) is 5.53. The Kier molecular flexibility index (Phi) is 5.24. The molecule has 3 aromatic carbocycles. The number of pyridine rings is 1. The third kappa shape index (κ3) is 4.36. The molecule has 0 radical (unpaired) electrons. The number of benzene rings is 3. The molecule has 4 aromatic rings. The Bertz CT molecular complexity index is 1260. The van der Waals surface area contributed by atoms with Gasteiger partial charge in [0.05, 0.1) is 17.1 Å². The number of ketones is 1. The van der Waals surface area contributed by atoms with Crippen molar-refractivity contribution in [1.82, 2.24) is 4.98 Å². The number of carbonyl (C=O) groups is 1. The molecule has 0 fully saturated rings. The van der Waals surface area contributed by atoms with Crippen LogP contribution in [0, 0.1) is 0 Å². The predicted molar refractivity (Wildman–Crippen MR) is 125 cm³/mol. The average Bonchev–Trinajstić information content (AvgIpc) is 3.24. The number of aromatic nitrogens is 1. The van der Waals surface area contributed by atoms with Crippen molar-refractivity contribution >= 4 is 17.2 Å². The lowest BCUT2D eigenvalue weighted by atomic mass is 10.0. The van der Waals surface area contributed by atoms with Crippen LogP contribution in [0.2, 0.25) is 0 Å². The van der Waals surface area contributed by atoms with E-state index in [1.54, 1.807) is 0 Å². The summed E-state index contributed by atoms with van der Waals surface area (Å²) in [6.45, 7) is 0. The minimum Gasteiger partial charge on any atom is -0.299 e. The highest BCUT2D eigenvalue weighted by atomic mass is 16.1. The molecule has 0 N–H and O–H groups in total. The van der Waals surface area contributed by atoms with Crippen LogP contribution in [-0.2, 0) is 24.1 Å². The number of hydrogen-bond donors (Lipinski definition) is 0. The summed E-state index contributed by atoms with van der Waals surface area (Å²) in [5.74, 6) is 0.168. The SMILES string of the molecule is O=C(Cc1ccccc1)Cc1cccc(-c2ccc3c(c2)N=C(c2ccccc2)C3)n1. The topological polar surface area (TPSA) is 42.3 Å². The molecule has 1 aliphatic heterocycles. The highest BCUT2D eigenvalue weighted by Gasteiger charge is 2.17. The molecular formula is C28H22N2O. The maximum Gasteiger partial charge on any atom is 0.143 e. The summed E-state index contributed by atoms with van der Waals surface area (Å²) in [7, 11) is 0. The molecule has 0 spiro atoms. The molecule has 0 saturated carbocycles. The summed E-state index contributed by atoms with van der Waals surface area (Å²) >= 11 is 0. The van der Waals surface area contributed by atoms with Crippen molar-refractivity contribution in [2.75, 3.05) is 0 Å². The number of fused-ring (bicyclic) bond motifs is 1. The minimum atomic E-state index is 0.168. The minimum absolute atomic E-state index is 0.168. The highest BCUT2D eigenvalue weighted by molar-refractivity contribution is 6.06. The molecule has 3 nitrogen and oxygen atoms in total. The molecule has 0 bridgehead atoms. The van der Waals surface area contributed by atoms with Crippen molar-refractivity contribution in [3.63, 3.8) is 0 Å². The van der Waals surface area contributed by atoms with Gasteiger partial charge in [0.1, 0.15) is 5.78 Å². The summed E-state index contributed by atoms with van der Waals surface area (Å²) in [4.78, 5) is 22.1. The fourth-order valence-corrected chi connectivity index (χ4v) is 3.97. The lowest BCUT2D eigenvalue weighted by molar-refractivity contribution is -0.117. The van der Waals surface area contributed by atoms with E-state index in [2.05, 4.69) is 30.3 Å². The Morgan fingerprint density at radius 3 is 2.32 bits per heavy atom. The van der Waals surface area contributed by atoms with Crippen LogP contribution in [-0.4, -0.2) is 16.5 Å². The van der Waals surface area contributed by atoms with Crippen LogP contribution in [0.4, 0.5) is 5.69 Å². The molecule has 31 heavy (non-hydrogen) atoms. The highest BCUT2D eigenvalue weighted by Crippen LogP contribution is 2.33. The number of carbonyl (C=O) groups excluding carboxylic acids is 1. The summed E-state index contributed by atoms with van der Waals surface area (Å²) in [5, 5.41) is 0. The Morgan fingerprint density at radius 1 is 0.742 bits per heavy atom. The zero-order valence-corrected chi connectivity index (χ0v) is 17.2. The van der Waals surface area contributed by atoms with Crippen LogP contribution in [0.5, 0.6) is 0 Å². The monoisotopic (exact) mass is 402 g/mol. The fraction of sp³-hybridized carbons (Fsp3) is 0.107. The van der Waals surface area contributed by atoms with Crippen LogP contribution < -0.4 is 0 Å². The zero-order chi connectivity index (χ0) is 21.0. The van der Waals surface area contributed by atoms with Gasteiger partial charge in [-0.25, -0.2) is 0 Å². The van der Waals surface area contributed by atoms with E-state index in [4.69, 9.17) is 9.98 Å². The van der Waals surface area contributed by atoms with Gasteiger partial charge in [-0.3, -0.25) is 14.8 Å². The van der Waals surface area contributed by atoms with E-state index >= 15 is 0 Å². The first kappa shape index (κ1) is 19.1. The van der Waals surface area contributed by atoms with Gasteiger partial charge < -0.3 is 0 Å². The Labute approximate surface area is 182 Å². The van der Waals surface area contributed by atoms with Gasteiger partial charge in [-0.1, -0.05) is 78.9 Å². The van der Waals surface area contributed by atoms with E-state index in [0.29, 0.717) is 12.8 Å². The Morgan fingerprint density at radius 2 is 1.52 bits per heavy atom. The number of nitrogens with zero attached hydrogens (tertiary/aromatic N) is 2. The zero-order valence-electron chi connectivity index (χ0n) is 17.2. The first-order valence-electron chi connectivity index (χ1n) is 10.5. The van der Waals surface area contributed by atoms with E-state index in [-0.39, 0.29) is 5.78 Å². The Hall–Kier alpha value is -3.85. The van der Waals surface area contributed by atoms with Crippen molar-refractivity contribution < 1.29 is 4.79 Å². The second kappa shape index (κ2) is 8.49. The molecule has 0 unspecified atom stereocenters. The van der Waals surface area contributed by atoms with Gasteiger partial charge in [0.25, 0.3) is 0 Å². The number of hydrogen-bond acceptors (Lipinski definition) is 3. The lowest BCUT2D eigenvalue weighted by Crippen LogP contribution is -2.08. The van der Waals surface area contributed by atoms with E-state index in [9.17, 15) is 4.79 Å². The van der Waals surface area contributed by atoms with Gasteiger partial charge in [0.2, 0.25) is 0 Å². The van der Waals surface area contributed by atoms with Gasteiger partial charge in [-0.15, -0.1) is 0 Å². The van der Waals surface area contributed by atoms with Gasteiger partial charge >= 0.3 is 0 Å². The van der Waals surface area contributed by atoms with Crippen molar-refractivity contribution in [2.24, 2.45) is 4.99 Å². The van der Waals surface area contributed by atoms with Gasteiger partial charge in [-0.05, 0) is 34.9 Å². The van der Waals surface area contributed by atoms with Gasteiger partial charge in [0.15, 0.2) is 0 Å². The van der Waals surface area contributed by atoms with Gasteiger partial charge in [-0.2, -0.15) is 0 Å². The van der Waals surface area contributed by atoms with E-state index in [1.165, 1.54) is 5.56 Å². The molecule has 5 rings (SSSR count). The number of Topliss-reactive ketones (excluding diaryl/α,β-unsaturated/α-hetero) is 1. The fourth-order valence-electron chi connectivity index (χ4n) is 3.97. The quantitative estimate of drug-likeness (QED) is 0.410. The van der Waals surface area contributed by atoms with Crippen LogP contribution in [0.15, 0.2) is 102 Å². The largest absolute Gasteiger partial charge is 0.299 e. The normalized spacial score (nSPS) is 12.3. The van der Waals surface area contributed by atoms with Crippen LogP contribution >= 0.6 is 0 Å². The number of rotatable bonds is 6. The van der Waals surface area contributed by atoms with Crippen LogP contribution in [0.25, 0.3) is 11.3 Å². The average molecular weight is 402 g/mol. The molecule has 0 atom stereocenters. The molecule has 150 valence electrons. The summed E-state index contributed by atoms with van der Waals surface area (Å²) < 4.78 is 0. The molecule has 2 heterocycles. The van der Waals surface area contributed by atoms with Crippen molar-refractivity contribution in [2.45, 2.75) is 19.3 Å². The second-order valence-electron chi connectivity index (χ2n) is 7.84. The van der Waals surface area contributed by atoms with Gasteiger partial charge in [0, 0.05) is 30.5 Å². The first-order chi connectivity index (χ1) is 15.2. The first-order valence-corrected chi connectivity index (χ1v) is 10.5. The van der Waals surface area contributed by atoms with Crippen molar-refractivity contribution in [3.05, 3.63) is 119 Å². The predicted octanol–water partition coefficient (Wildman–Crippen LogP) is 5.78. The molecule has 1 aliphatic rings. The van der Waals surface area contributed by atoms with E-state index in [0.717, 1.165) is 45.9 Å². The van der Waals surface area contributed by atoms with Crippen LogP contribution in [0.1, 0.15) is 22.4 Å². The summed E-state index contributed by atoms with van der Waals surface area (Å²) in [6.07, 6.45) is 1.62. The molecule has 0 aliphatic carbocycles. The maximum atomic E-state index is 12.5. The third-order valence-corrected chi connectivity index (χ3v) is 5.53. The summed E-state index contributed by atoms with van der Waals surface area (Å²) in [5.41, 5.74) is 8.23. The standard InChI is InChI=1S/C28H22N2O/c31-25(16-20-8-3-1-4-9-20)19-24-12-7-13-26(29-24)22-14-15-23-18-27(30-28(23)17-22)21-10-5-2-6-11-21/h1-15,17H,16,18-19H2.